The van der Waals surface area contributed by atoms with Crippen LogP contribution >= 0.6 is 0 Å². The molecule has 0 amide bonds. The zero-order valence-corrected chi connectivity index (χ0v) is 11.6. The number of rotatable bonds is 6. The molecule has 3 heteroatoms. The molecule has 1 aromatic carbocycles. The minimum Gasteiger partial charge on any atom is -0.368 e. The molecule has 0 radical (unpaired) electrons. The molecule has 2 nitrogen and oxygen atoms in total. The van der Waals surface area contributed by atoms with Crippen LogP contribution in [0, 0.1) is 11.7 Å². The third kappa shape index (κ3) is 3.27. The summed E-state index contributed by atoms with van der Waals surface area (Å²) in [7, 11) is 0. The van der Waals surface area contributed by atoms with Gasteiger partial charge in [-0.25, -0.2) is 4.39 Å². The van der Waals surface area contributed by atoms with E-state index in [1.165, 1.54) is 31.4 Å². The van der Waals surface area contributed by atoms with E-state index in [1.807, 2.05) is 13.0 Å². The summed E-state index contributed by atoms with van der Waals surface area (Å²) in [5, 5.41) is 0. The second-order valence-electron chi connectivity index (χ2n) is 6.28. The van der Waals surface area contributed by atoms with Crippen LogP contribution in [0.25, 0.3) is 0 Å². The molecule has 1 unspecified atom stereocenters. The Morgan fingerprint density at radius 2 is 2.05 bits per heavy atom. The van der Waals surface area contributed by atoms with Crippen molar-refractivity contribution in [2.45, 2.75) is 51.1 Å². The zero-order chi connectivity index (χ0) is 13.4. The highest BCUT2D eigenvalue weighted by molar-refractivity contribution is 5.56. The first-order valence-electron chi connectivity index (χ1n) is 7.44. The van der Waals surface area contributed by atoms with Crippen LogP contribution in [-0.4, -0.2) is 18.6 Å². The van der Waals surface area contributed by atoms with Crippen molar-refractivity contribution < 1.29 is 4.39 Å². The fraction of sp³-hybridized carbons (Fsp3) is 0.625. The third-order valence-electron chi connectivity index (χ3n) is 4.03. The Morgan fingerprint density at radius 1 is 1.32 bits per heavy atom. The normalized spacial score (nSPS) is 20.4. The summed E-state index contributed by atoms with van der Waals surface area (Å²) < 4.78 is 13.5. The molecule has 2 saturated carbocycles. The quantitative estimate of drug-likeness (QED) is 0.853. The van der Waals surface area contributed by atoms with Gasteiger partial charge in [0.15, 0.2) is 0 Å². The molecule has 19 heavy (non-hydrogen) atoms. The number of anilines is 1. The van der Waals surface area contributed by atoms with Gasteiger partial charge in [0.2, 0.25) is 0 Å². The van der Waals surface area contributed by atoms with Gasteiger partial charge in [-0.05, 0) is 68.7 Å². The van der Waals surface area contributed by atoms with Crippen LogP contribution < -0.4 is 10.6 Å². The Labute approximate surface area is 114 Å². The second kappa shape index (κ2) is 5.12. The highest BCUT2D eigenvalue weighted by Crippen LogP contribution is 2.39. The van der Waals surface area contributed by atoms with Crippen molar-refractivity contribution in [3.63, 3.8) is 0 Å². The van der Waals surface area contributed by atoms with Crippen LogP contribution in [0.3, 0.4) is 0 Å². The zero-order valence-electron chi connectivity index (χ0n) is 11.6. The third-order valence-corrected chi connectivity index (χ3v) is 4.03. The highest BCUT2D eigenvalue weighted by atomic mass is 19.1. The van der Waals surface area contributed by atoms with Crippen LogP contribution in [0.5, 0.6) is 0 Å². The SMILES string of the molecule is CC(N)Cc1cc(F)ccc1N(CC1CC1)C1CC1. The predicted molar refractivity (Wildman–Crippen MR) is 76.8 cm³/mol. The van der Waals surface area contributed by atoms with Crippen LogP contribution in [0.4, 0.5) is 10.1 Å². The van der Waals surface area contributed by atoms with Gasteiger partial charge in [-0.15, -0.1) is 0 Å². The number of nitrogens with two attached hydrogens (primary N) is 1. The lowest BCUT2D eigenvalue weighted by molar-refractivity contribution is 0.620. The lowest BCUT2D eigenvalue weighted by atomic mass is 10.0. The molecule has 1 aromatic rings. The van der Waals surface area contributed by atoms with E-state index < -0.39 is 0 Å². The summed E-state index contributed by atoms with van der Waals surface area (Å²) in [6.07, 6.45) is 6.02. The van der Waals surface area contributed by atoms with E-state index in [-0.39, 0.29) is 11.9 Å². The maximum absolute atomic E-state index is 13.5. The van der Waals surface area contributed by atoms with E-state index >= 15 is 0 Å². The van der Waals surface area contributed by atoms with Crippen molar-refractivity contribution >= 4 is 5.69 Å². The lowest BCUT2D eigenvalue weighted by Gasteiger charge is -2.28. The van der Waals surface area contributed by atoms with Crippen molar-refractivity contribution in [3.05, 3.63) is 29.6 Å². The summed E-state index contributed by atoms with van der Waals surface area (Å²) >= 11 is 0. The molecule has 2 N–H and O–H groups in total. The maximum Gasteiger partial charge on any atom is 0.123 e. The van der Waals surface area contributed by atoms with Gasteiger partial charge in [0.25, 0.3) is 0 Å². The monoisotopic (exact) mass is 262 g/mol. The molecule has 104 valence electrons. The molecule has 3 rings (SSSR count). The Bertz CT molecular complexity index is 450. The first-order chi connectivity index (χ1) is 9.13. The molecule has 0 saturated heterocycles. The summed E-state index contributed by atoms with van der Waals surface area (Å²) in [4.78, 5) is 2.51. The molecule has 2 aliphatic rings. The van der Waals surface area contributed by atoms with Crippen molar-refractivity contribution in [3.8, 4) is 0 Å². The molecule has 0 heterocycles. The van der Waals surface area contributed by atoms with Crippen LogP contribution in [0.1, 0.15) is 38.2 Å². The average Bonchev–Trinajstić information content (AvgIpc) is 3.21. The molecule has 0 aromatic heterocycles. The number of hydrogen-bond acceptors (Lipinski definition) is 2. The molecule has 0 aliphatic heterocycles. The number of halogens is 1. The standard InChI is InChI=1S/C16H23FN2/c1-11(18)8-13-9-14(17)4-7-16(13)19(15-5-6-15)10-12-2-3-12/h4,7,9,11-12,15H,2-3,5-6,8,10,18H2,1H3. The fourth-order valence-electron chi connectivity index (χ4n) is 2.75. The molecule has 0 spiro atoms. The van der Waals surface area contributed by atoms with E-state index in [4.69, 9.17) is 5.73 Å². The van der Waals surface area contributed by atoms with E-state index in [0.717, 1.165) is 24.4 Å². The van der Waals surface area contributed by atoms with Gasteiger partial charge < -0.3 is 10.6 Å². The van der Waals surface area contributed by atoms with E-state index in [1.54, 1.807) is 12.1 Å². The molecule has 1 atom stereocenters. The van der Waals surface area contributed by atoms with Crippen molar-refractivity contribution in [1.82, 2.24) is 0 Å². The second-order valence-corrected chi connectivity index (χ2v) is 6.28. The Morgan fingerprint density at radius 3 is 2.63 bits per heavy atom. The summed E-state index contributed by atoms with van der Waals surface area (Å²) in [5.74, 6) is 0.704. The topological polar surface area (TPSA) is 29.3 Å². The number of nitrogens with zero attached hydrogens (tertiary/aromatic N) is 1. The summed E-state index contributed by atoms with van der Waals surface area (Å²) in [6.45, 7) is 3.12. The van der Waals surface area contributed by atoms with Gasteiger partial charge in [-0.1, -0.05) is 0 Å². The largest absolute Gasteiger partial charge is 0.368 e. The van der Waals surface area contributed by atoms with E-state index in [9.17, 15) is 4.39 Å². The molecular weight excluding hydrogens is 239 g/mol. The summed E-state index contributed by atoms with van der Waals surface area (Å²) in [6, 6.07) is 5.96. The fourth-order valence-corrected chi connectivity index (χ4v) is 2.75. The maximum atomic E-state index is 13.5. The average molecular weight is 262 g/mol. The van der Waals surface area contributed by atoms with Gasteiger partial charge in [-0.2, -0.15) is 0 Å². The van der Waals surface area contributed by atoms with Gasteiger partial charge in [0.05, 0.1) is 0 Å². The first-order valence-corrected chi connectivity index (χ1v) is 7.44. The summed E-state index contributed by atoms with van der Waals surface area (Å²) in [5.41, 5.74) is 8.20. The van der Waals surface area contributed by atoms with Gasteiger partial charge >= 0.3 is 0 Å². The minimum absolute atomic E-state index is 0.0718. The lowest BCUT2D eigenvalue weighted by Crippen LogP contribution is -2.30. The first kappa shape index (κ1) is 12.9. The van der Waals surface area contributed by atoms with Crippen molar-refractivity contribution in [2.75, 3.05) is 11.4 Å². The van der Waals surface area contributed by atoms with E-state index in [0.29, 0.717) is 6.04 Å². The Kier molecular flexibility index (Phi) is 3.48. The van der Waals surface area contributed by atoms with Gasteiger partial charge in [0.1, 0.15) is 5.82 Å². The molecular formula is C16H23FN2. The minimum atomic E-state index is -0.151. The highest BCUT2D eigenvalue weighted by Gasteiger charge is 2.34. The molecule has 0 bridgehead atoms. The molecule has 2 aliphatic carbocycles. The van der Waals surface area contributed by atoms with Crippen molar-refractivity contribution in [1.29, 1.82) is 0 Å². The van der Waals surface area contributed by atoms with Crippen LogP contribution in [0.2, 0.25) is 0 Å². The van der Waals surface area contributed by atoms with E-state index in [2.05, 4.69) is 4.90 Å². The number of benzene rings is 1. The van der Waals surface area contributed by atoms with Crippen LogP contribution in [0.15, 0.2) is 18.2 Å². The van der Waals surface area contributed by atoms with Gasteiger partial charge in [-0.3, -0.25) is 0 Å². The van der Waals surface area contributed by atoms with Gasteiger partial charge in [0, 0.05) is 24.3 Å². The predicted octanol–water partition coefficient (Wildman–Crippen LogP) is 3.09. The number of hydrogen-bond donors (Lipinski definition) is 1. The van der Waals surface area contributed by atoms with Crippen molar-refractivity contribution in [2.24, 2.45) is 11.7 Å². The Balaban J connectivity index is 1.86. The Hall–Kier alpha value is -1.09. The van der Waals surface area contributed by atoms with Crippen LogP contribution in [-0.2, 0) is 6.42 Å². The smallest absolute Gasteiger partial charge is 0.123 e. The molecule has 2 fully saturated rings.